The summed E-state index contributed by atoms with van der Waals surface area (Å²) in [6.45, 7) is 7.78. The van der Waals surface area contributed by atoms with Crippen LogP contribution in [-0.4, -0.2) is 73.6 Å². The minimum Gasteiger partial charge on any atom is -0.491 e. The average Bonchev–Trinajstić information content (AvgIpc) is 3.33. The van der Waals surface area contributed by atoms with Crippen LogP contribution >= 0.6 is 0 Å². The highest BCUT2D eigenvalue weighted by Crippen LogP contribution is 2.40. The number of carbonyl (C=O) groups is 1. The van der Waals surface area contributed by atoms with Crippen molar-refractivity contribution in [1.29, 1.82) is 0 Å². The molecule has 0 bridgehead atoms. The van der Waals surface area contributed by atoms with E-state index in [9.17, 15) is 4.79 Å². The monoisotopic (exact) mass is 449 g/mol. The molecule has 0 spiro atoms. The van der Waals surface area contributed by atoms with Crippen molar-refractivity contribution in [3.05, 3.63) is 36.3 Å². The van der Waals surface area contributed by atoms with Crippen LogP contribution in [0.4, 0.5) is 0 Å². The van der Waals surface area contributed by atoms with Crippen LogP contribution in [0, 0.1) is 0 Å². The number of rotatable bonds is 5. The fourth-order valence-corrected chi connectivity index (χ4v) is 4.89. The maximum Gasteiger partial charge on any atom is 0.242 e. The van der Waals surface area contributed by atoms with E-state index in [2.05, 4.69) is 51.6 Å². The Labute approximate surface area is 191 Å². The normalized spacial score (nSPS) is 19.7. The zero-order chi connectivity index (χ0) is 22.7. The van der Waals surface area contributed by atoms with Gasteiger partial charge in [-0.25, -0.2) is 14.6 Å². The van der Waals surface area contributed by atoms with Crippen LogP contribution in [0.3, 0.4) is 0 Å². The number of likely N-dealkylation sites (tertiary alicyclic amines) is 1. The molecular formula is C23H27N7O3. The molecule has 1 aromatic carbocycles. The van der Waals surface area contributed by atoms with E-state index in [1.807, 2.05) is 10.9 Å². The van der Waals surface area contributed by atoms with Crippen molar-refractivity contribution >= 4 is 5.91 Å². The average molecular weight is 450 g/mol. The highest BCUT2D eigenvalue weighted by atomic mass is 16.5. The van der Waals surface area contributed by atoms with Crippen molar-refractivity contribution < 1.29 is 14.3 Å². The Hall–Kier alpha value is -3.24. The van der Waals surface area contributed by atoms with Crippen molar-refractivity contribution in [2.75, 3.05) is 32.9 Å². The second-order valence-corrected chi connectivity index (χ2v) is 9.36. The molecule has 3 aliphatic heterocycles. The number of amides is 1. The van der Waals surface area contributed by atoms with Crippen LogP contribution in [0.1, 0.15) is 31.4 Å². The molecule has 0 aliphatic carbocycles. The van der Waals surface area contributed by atoms with Gasteiger partial charge in [-0.05, 0) is 31.5 Å². The molecule has 3 aromatic rings. The van der Waals surface area contributed by atoms with Crippen molar-refractivity contribution in [3.8, 4) is 28.7 Å². The van der Waals surface area contributed by atoms with Gasteiger partial charge in [-0.2, -0.15) is 5.10 Å². The number of benzene rings is 1. The Morgan fingerprint density at radius 3 is 2.76 bits per heavy atom. The summed E-state index contributed by atoms with van der Waals surface area (Å²) in [5.41, 5.74) is 7.99. The number of hydrogen-bond donors (Lipinski definition) is 1. The van der Waals surface area contributed by atoms with Crippen molar-refractivity contribution in [1.82, 2.24) is 29.2 Å². The Morgan fingerprint density at radius 1 is 1.24 bits per heavy atom. The van der Waals surface area contributed by atoms with Gasteiger partial charge >= 0.3 is 0 Å². The molecule has 6 rings (SSSR count). The highest BCUT2D eigenvalue weighted by molar-refractivity contribution is 5.86. The summed E-state index contributed by atoms with van der Waals surface area (Å²) in [7, 11) is 0. The number of imidazole rings is 1. The second kappa shape index (κ2) is 7.39. The molecule has 172 valence electrons. The first-order chi connectivity index (χ1) is 16.0. The molecule has 33 heavy (non-hydrogen) atoms. The van der Waals surface area contributed by atoms with E-state index in [0.29, 0.717) is 32.3 Å². The molecule has 0 radical (unpaired) electrons. The summed E-state index contributed by atoms with van der Waals surface area (Å²) in [6, 6.07) is 6.54. The van der Waals surface area contributed by atoms with E-state index in [1.165, 1.54) is 5.56 Å². The number of hydrogen-bond acceptors (Lipinski definition) is 7. The third-order valence-electron chi connectivity index (χ3n) is 7.00. The number of nitrogens with two attached hydrogens (primary N) is 1. The Balaban J connectivity index is 1.27. The first-order valence-electron chi connectivity index (χ1n) is 11.3. The summed E-state index contributed by atoms with van der Waals surface area (Å²) in [4.78, 5) is 23.4. The Morgan fingerprint density at radius 2 is 2.06 bits per heavy atom. The van der Waals surface area contributed by atoms with Gasteiger partial charge in [-0.1, -0.05) is 6.07 Å². The van der Waals surface area contributed by atoms with Gasteiger partial charge in [-0.15, -0.1) is 0 Å². The maximum atomic E-state index is 11.9. The largest absolute Gasteiger partial charge is 0.491 e. The number of fused-ring (bicyclic) bond motifs is 3. The smallest absolute Gasteiger partial charge is 0.242 e. The van der Waals surface area contributed by atoms with E-state index in [-0.39, 0.29) is 11.9 Å². The summed E-state index contributed by atoms with van der Waals surface area (Å²) >= 11 is 0. The fourth-order valence-electron chi connectivity index (χ4n) is 4.89. The molecule has 2 N–H and O–H groups in total. The highest BCUT2D eigenvalue weighted by Gasteiger charge is 2.53. The number of nitrogens with zero attached hydrogens (tertiary/aromatic N) is 6. The van der Waals surface area contributed by atoms with Gasteiger partial charge < -0.3 is 19.8 Å². The standard InChI is InChI=1S/C23H27N7O3/c1-14(2)30-21(25-13-26-30)18-10-28-5-6-33-19-7-15(3-4-17(19)20(28)27-18)16-8-29(9-16)23(22(24)31)11-32-12-23/h3-4,7,10,13-14,16H,5-6,8-9,11-12H2,1-2H3,(H2,24,31). The van der Waals surface area contributed by atoms with Crippen molar-refractivity contribution in [2.45, 2.75) is 37.9 Å². The fraction of sp³-hybridized carbons (Fsp3) is 0.478. The predicted molar refractivity (Wildman–Crippen MR) is 120 cm³/mol. The summed E-state index contributed by atoms with van der Waals surface area (Å²) in [5, 5.41) is 4.34. The molecule has 5 heterocycles. The van der Waals surface area contributed by atoms with E-state index < -0.39 is 5.54 Å². The molecule has 0 saturated carbocycles. The SMILES string of the molecule is CC(C)n1ncnc1-c1cn2c(n1)-c1ccc(C3CN(C4(C(N)=O)COC4)C3)cc1OCC2. The third-order valence-corrected chi connectivity index (χ3v) is 7.00. The quantitative estimate of drug-likeness (QED) is 0.627. The van der Waals surface area contributed by atoms with E-state index in [1.54, 1.807) is 6.33 Å². The van der Waals surface area contributed by atoms with Gasteiger partial charge in [0.05, 0.1) is 25.3 Å². The zero-order valence-electron chi connectivity index (χ0n) is 18.8. The van der Waals surface area contributed by atoms with Gasteiger partial charge in [0.1, 0.15) is 35.7 Å². The van der Waals surface area contributed by atoms with Crippen LogP contribution in [0.25, 0.3) is 22.9 Å². The van der Waals surface area contributed by atoms with Crippen LogP contribution < -0.4 is 10.5 Å². The first kappa shape index (κ1) is 20.4. The molecule has 0 unspecified atom stereocenters. The molecule has 3 aliphatic rings. The third kappa shape index (κ3) is 3.08. The molecule has 10 nitrogen and oxygen atoms in total. The minimum atomic E-state index is -0.629. The van der Waals surface area contributed by atoms with Crippen LogP contribution in [0.2, 0.25) is 0 Å². The van der Waals surface area contributed by atoms with Crippen LogP contribution in [-0.2, 0) is 16.1 Å². The van der Waals surface area contributed by atoms with E-state index in [0.717, 1.165) is 41.7 Å². The van der Waals surface area contributed by atoms with Crippen LogP contribution in [0.15, 0.2) is 30.7 Å². The molecule has 0 atom stereocenters. The minimum absolute atomic E-state index is 0.199. The summed E-state index contributed by atoms with van der Waals surface area (Å²) < 4.78 is 15.4. The van der Waals surface area contributed by atoms with Gasteiger partial charge in [0.25, 0.3) is 0 Å². The topological polar surface area (TPSA) is 113 Å². The molecule has 1 amide bonds. The molecule has 10 heteroatoms. The van der Waals surface area contributed by atoms with Crippen LogP contribution in [0.5, 0.6) is 5.75 Å². The van der Waals surface area contributed by atoms with E-state index in [4.69, 9.17) is 20.2 Å². The molecule has 2 aromatic heterocycles. The van der Waals surface area contributed by atoms with Gasteiger partial charge in [0.15, 0.2) is 5.82 Å². The maximum absolute atomic E-state index is 11.9. The summed E-state index contributed by atoms with van der Waals surface area (Å²) in [5.74, 6) is 2.51. The number of aromatic nitrogens is 5. The van der Waals surface area contributed by atoms with Gasteiger partial charge in [0, 0.05) is 31.2 Å². The lowest BCUT2D eigenvalue weighted by molar-refractivity contribution is -0.179. The lowest BCUT2D eigenvalue weighted by Gasteiger charge is -2.54. The second-order valence-electron chi connectivity index (χ2n) is 9.36. The molecule has 2 fully saturated rings. The predicted octanol–water partition coefficient (Wildman–Crippen LogP) is 1.44. The number of ether oxygens (including phenoxy) is 2. The van der Waals surface area contributed by atoms with Gasteiger partial charge in [0.2, 0.25) is 5.91 Å². The summed E-state index contributed by atoms with van der Waals surface area (Å²) in [6.07, 6.45) is 3.60. The molecule has 2 saturated heterocycles. The number of primary amides is 1. The lowest BCUT2D eigenvalue weighted by atomic mass is 9.83. The lowest BCUT2D eigenvalue weighted by Crippen LogP contribution is -2.73. The number of carbonyl (C=O) groups excluding carboxylic acids is 1. The zero-order valence-corrected chi connectivity index (χ0v) is 18.8. The molecular weight excluding hydrogens is 422 g/mol. The Bertz CT molecular complexity index is 1220. The first-order valence-corrected chi connectivity index (χ1v) is 11.3. The van der Waals surface area contributed by atoms with Crippen molar-refractivity contribution in [2.24, 2.45) is 5.73 Å². The van der Waals surface area contributed by atoms with E-state index >= 15 is 0 Å². The van der Waals surface area contributed by atoms with Gasteiger partial charge in [-0.3, -0.25) is 9.69 Å². The van der Waals surface area contributed by atoms with Crippen molar-refractivity contribution in [3.63, 3.8) is 0 Å². The Kier molecular flexibility index (Phi) is 4.56.